The highest BCUT2D eigenvalue weighted by Gasteiger charge is 2.15. The Morgan fingerprint density at radius 1 is 1.26 bits per heavy atom. The second kappa shape index (κ2) is 6.28. The third-order valence-electron chi connectivity index (χ3n) is 4.22. The van der Waals surface area contributed by atoms with Gasteiger partial charge in [0.2, 0.25) is 0 Å². The van der Waals surface area contributed by atoms with E-state index in [-0.39, 0.29) is 5.78 Å². The van der Waals surface area contributed by atoms with Crippen LogP contribution in [0.25, 0.3) is 11.0 Å². The quantitative estimate of drug-likeness (QED) is 0.663. The number of ketones is 1. The number of Topliss-reactive ketones (excluding diaryl/α,β-unsaturated/α-hetero) is 1. The molecule has 0 aliphatic heterocycles. The van der Waals surface area contributed by atoms with Gasteiger partial charge in [-0.1, -0.05) is 26.0 Å². The predicted molar refractivity (Wildman–Crippen MR) is 94.3 cm³/mol. The first-order valence-electron chi connectivity index (χ1n) is 7.88. The zero-order valence-corrected chi connectivity index (χ0v) is 14.8. The van der Waals surface area contributed by atoms with Crippen molar-refractivity contribution in [1.82, 2.24) is 4.98 Å². The molecule has 0 amide bonds. The number of aromatic nitrogens is 1. The second-order valence-electron chi connectivity index (χ2n) is 6.35. The molecule has 0 atom stereocenters. The van der Waals surface area contributed by atoms with Gasteiger partial charge in [-0.15, -0.1) is 11.3 Å². The fourth-order valence-electron chi connectivity index (χ4n) is 2.64. The molecular weight excluding hydrogens is 306 g/mol. The number of carbonyl (C=O) groups is 1. The number of thiazole rings is 1. The summed E-state index contributed by atoms with van der Waals surface area (Å²) in [5.74, 6) is 0.635. The summed E-state index contributed by atoms with van der Waals surface area (Å²) in [5, 5.41) is 1.95. The fraction of sp³-hybridized carbons (Fsp3) is 0.368. The lowest BCUT2D eigenvalue weighted by atomic mass is 10.0. The van der Waals surface area contributed by atoms with Gasteiger partial charge in [-0.25, -0.2) is 4.98 Å². The summed E-state index contributed by atoms with van der Waals surface area (Å²) < 4.78 is 5.68. The van der Waals surface area contributed by atoms with E-state index in [1.54, 1.807) is 17.6 Å². The molecule has 1 aromatic carbocycles. The van der Waals surface area contributed by atoms with Gasteiger partial charge >= 0.3 is 0 Å². The minimum Gasteiger partial charge on any atom is -0.464 e. The molecule has 0 saturated heterocycles. The van der Waals surface area contributed by atoms with Crippen LogP contribution in [-0.4, -0.2) is 10.8 Å². The number of aryl methyl sites for hydroxylation is 2. The molecule has 3 nitrogen and oxygen atoms in total. The van der Waals surface area contributed by atoms with Crippen LogP contribution >= 0.6 is 11.3 Å². The van der Waals surface area contributed by atoms with E-state index < -0.39 is 0 Å². The van der Waals surface area contributed by atoms with Gasteiger partial charge in [0.05, 0.1) is 12.7 Å². The summed E-state index contributed by atoms with van der Waals surface area (Å²) in [6.07, 6.45) is 4.40. The summed E-state index contributed by atoms with van der Waals surface area (Å²) >= 11 is 1.63. The van der Waals surface area contributed by atoms with E-state index in [1.165, 1.54) is 10.4 Å². The van der Waals surface area contributed by atoms with E-state index in [1.807, 2.05) is 12.3 Å². The van der Waals surface area contributed by atoms with Crippen molar-refractivity contribution in [3.8, 4) is 0 Å². The molecule has 0 bridgehead atoms. The largest absolute Gasteiger partial charge is 0.464 e. The van der Waals surface area contributed by atoms with E-state index >= 15 is 0 Å². The number of hydrogen-bond donors (Lipinski definition) is 0. The van der Waals surface area contributed by atoms with Gasteiger partial charge in [0.25, 0.3) is 0 Å². The van der Waals surface area contributed by atoms with E-state index in [2.05, 4.69) is 38.7 Å². The molecule has 3 rings (SSSR count). The highest BCUT2D eigenvalue weighted by atomic mass is 32.1. The standard InChI is InChI=1S/C19H21NO2S/c1-11(2)17-9-20-18(23-17)8-15(21)7-14-10-22-19-13(4)12(3)5-6-16(14)19/h5-6,9-11H,7-8H2,1-4H3. The van der Waals surface area contributed by atoms with Crippen LogP contribution < -0.4 is 0 Å². The third-order valence-corrected chi connectivity index (χ3v) is 5.52. The normalized spacial score (nSPS) is 11.5. The second-order valence-corrected chi connectivity index (χ2v) is 7.50. The molecule has 0 unspecified atom stereocenters. The van der Waals surface area contributed by atoms with Crippen molar-refractivity contribution < 1.29 is 9.21 Å². The number of rotatable bonds is 5. The monoisotopic (exact) mass is 327 g/mol. The highest BCUT2D eigenvalue weighted by Crippen LogP contribution is 2.27. The summed E-state index contributed by atoms with van der Waals surface area (Å²) in [4.78, 5) is 18.0. The lowest BCUT2D eigenvalue weighted by molar-refractivity contribution is -0.117. The van der Waals surface area contributed by atoms with E-state index in [0.717, 1.165) is 27.1 Å². The average molecular weight is 327 g/mol. The van der Waals surface area contributed by atoms with Crippen LogP contribution in [0, 0.1) is 13.8 Å². The molecule has 120 valence electrons. The molecule has 4 heteroatoms. The minimum atomic E-state index is 0.176. The maximum atomic E-state index is 12.4. The molecule has 0 aliphatic rings. The van der Waals surface area contributed by atoms with Crippen molar-refractivity contribution in [2.75, 3.05) is 0 Å². The Bertz CT molecular complexity index is 858. The van der Waals surface area contributed by atoms with Crippen molar-refractivity contribution in [1.29, 1.82) is 0 Å². The van der Waals surface area contributed by atoms with Gasteiger partial charge in [-0.2, -0.15) is 0 Å². The zero-order valence-electron chi connectivity index (χ0n) is 14.0. The van der Waals surface area contributed by atoms with Crippen molar-refractivity contribution in [2.45, 2.75) is 46.5 Å². The van der Waals surface area contributed by atoms with Crippen LogP contribution in [0.4, 0.5) is 0 Å². The fourth-order valence-corrected chi connectivity index (χ4v) is 3.59. The van der Waals surface area contributed by atoms with Crippen molar-refractivity contribution in [2.24, 2.45) is 0 Å². The minimum absolute atomic E-state index is 0.176. The Balaban J connectivity index is 1.76. The summed E-state index contributed by atoms with van der Waals surface area (Å²) in [7, 11) is 0. The van der Waals surface area contributed by atoms with Crippen LogP contribution in [0.1, 0.15) is 46.3 Å². The maximum Gasteiger partial charge on any atom is 0.144 e. The maximum absolute atomic E-state index is 12.4. The van der Waals surface area contributed by atoms with Gasteiger partial charge < -0.3 is 4.42 Å². The van der Waals surface area contributed by atoms with Crippen LogP contribution in [0.2, 0.25) is 0 Å². The van der Waals surface area contributed by atoms with Crippen molar-refractivity contribution >= 4 is 28.1 Å². The number of fused-ring (bicyclic) bond motifs is 1. The molecule has 2 aromatic heterocycles. The number of hydrogen-bond acceptors (Lipinski definition) is 4. The van der Waals surface area contributed by atoms with Crippen molar-refractivity contribution in [3.05, 3.63) is 51.2 Å². The lowest BCUT2D eigenvalue weighted by Crippen LogP contribution is -2.05. The molecule has 0 aliphatic carbocycles. The van der Waals surface area contributed by atoms with Gasteiger partial charge in [0, 0.05) is 28.4 Å². The van der Waals surface area contributed by atoms with E-state index in [9.17, 15) is 4.79 Å². The van der Waals surface area contributed by atoms with Gasteiger partial charge in [0.15, 0.2) is 0 Å². The van der Waals surface area contributed by atoms with Crippen LogP contribution in [0.3, 0.4) is 0 Å². The van der Waals surface area contributed by atoms with Crippen molar-refractivity contribution in [3.63, 3.8) is 0 Å². The number of benzene rings is 1. The molecule has 0 saturated carbocycles. The molecule has 0 spiro atoms. The molecule has 2 heterocycles. The van der Waals surface area contributed by atoms with Crippen LogP contribution in [0.5, 0.6) is 0 Å². The lowest BCUT2D eigenvalue weighted by Gasteiger charge is -2.01. The van der Waals surface area contributed by atoms with Crippen LogP contribution in [0.15, 0.2) is 29.0 Å². The highest BCUT2D eigenvalue weighted by molar-refractivity contribution is 7.11. The first kappa shape index (κ1) is 15.9. The number of furan rings is 1. The van der Waals surface area contributed by atoms with E-state index in [0.29, 0.717) is 18.8 Å². The molecule has 3 aromatic rings. The summed E-state index contributed by atoms with van der Waals surface area (Å²) in [6, 6.07) is 4.13. The summed E-state index contributed by atoms with van der Waals surface area (Å²) in [5.41, 5.74) is 4.20. The first-order chi connectivity index (χ1) is 11.0. The Morgan fingerprint density at radius 3 is 2.74 bits per heavy atom. The molecule has 23 heavy (non-hydrogen) atoms. The SMILES string of the molecule is Cc1ccc2c(CC(=O)Cc3ncc(C(C)C)s3)coc2c1C. The Hall–Kier alpha value is -1.94. The van der Waals surface area contributed by atoms with E-state index in [4.69, 9.17) is 4.42 Å². The molecule has 0 radical (unpaired) electrons. The topological polar surface area (TPSA) is 43.1 Å². The van der Waals surface area contributed by atoms with Crippen LogP contribution in [-0.2, 0) is 17.6 Å². The predicted octanol–water partition coefficient (Wildman–Crippen LogP) is 4.98. The Labute approximate surface area is 140 Å². The van der Waals surface area contributed by atoms with Gasteiger partial charge in [-0.3, -0.25) is 4.79 Å². The average Bonchev–Trinajstić information content (AvgIpc) is 3.11. The Morgan fingerprint density at radius 2 is 2.04 bits per heavy atom. The summed E-state index contributed by atoms with van der Waals surface area (Å²) in [6.45, 7) is 8.40. The van der Waals surface area contributed by atoms with Gasteiger partial charge in [0.1, 0.15) is 16.4 Å². The molecule has 0 N–H and O–H groups in total. The third kappa shape index (κ3) is 3.22. The zero-order chi connectivity index (χ0) is 16.6. The number of nitrogens with zero attached hydrogens (tertiary/aromatic N) is 1. The smallest absolute Gasteiger partial charge is 0.144 e. The number of carbonyl (C=O) groups excluding carboxylic acids is 1. The van der Waals surface area contributed by atoms with Gasteiger partial charge in [-0.05, 0) is 30.9 Å². The molecule has 0 fully saturated rings. The first-order valence-corrected chi connectivity index (χ1v) is 8.70. The Kier molecular flexibility index (Phi) is 4.35. The molecular formula is C19H21NO2S.